The number of ketones is 1. The molecule has 0 spiro atoms. The van der Waals surface area contributed by atoms with Gasteiger partial charge in [-0.3, -0.25) is 14.3 Å². The van der Waals surface area contributed by atoms with Crippen molar-refractivity contribution in [3.05, 3.63) is 75.5 Å². The highest BCUT2D eigenvalue weighted by atomic mass is 32.1. The molecule has 4 rings (SSSR count). The Hall–Kier alpha value is -3.26. The monoisotopic (exact) mass is 383 g/mol. The zero-order valence-corrected chi connectivity index (χ0v) is 15.3. The van der Waals surface area contributed by atoms with Gasteiger partial charge in [-0.2, -0.15) is 0 Å². The third-order valence-corrected chi connectivity index (χ3v) is 5.15. The number of rotatable bonds is 4. The summed E-state index contributed by atoms with van der Waals surface area (Å²) in [4.78, 5) is 29.2. The van der Waals surface area contributed by atoms with Crippen molar-refractivity contribution in [2.45, 2.75) is 6.92 Å². The molecule has 0 aliphatic carbocycles. The second-order valence-electron chi connectivity index (χ2n) is 5.98. The molecule has 0 aliphatic heterocycles. The summed E-state index contributed by atoms with van der Waals surface area (Å²) in [5, 5.41) is 2.97. The first-order chi connectivity index (χ1) is 13.0. The molecule has 8 heteroatoms. The van der Waals surface area contributed by atoms with Crippen LogP contribution in [0.25, 0.3) is 10.2 Å². The minimum atomic E-state index is -0.479. The maximum Gasteiger partial charge on any atom is 0.279 e. The lowest BCUT2D eigenvalue weighted by atomic mass is 10.0. The minimum Gasteiger partial charge on any atom is -0.428 e. The standard InChI is InChI=1S/C19H14FN3O3S/c1-10-11(17(24)12-9-21-23(2)18(12)25)7-8-15-16(10)22-19(27-15)26-14-6-4-3-5-13(14)20/h3-9,21H,1-2H3. The third kappa shape index (κ3) is 2.93. The highest BCUT2D eigenvalue weighted by molar-refractivity contribution is 7.20. The van der Waals surface area contributed by atoms with Crippen LogP contribution in [0.1, 0.15) is 21.5 Å². The number of H-pyrrole nitrogens is 1. The van der Waals surface area contributed by atoms with Gasteiger partial charge < -0.3 is 9.84 Å². The molecule has 0 saturated carbocycles. The van der Waals surface area contributed by atoms with E-state index < -0.39 is 5.82 Å². The first kappa shape index (κ1) is 17.2. The molecule has 27 heavy (non-hydrogen) atoms. The molecule has 0 saturated heterocycles. The van der Waals surface area contributed by atoms with Crippen LogP contribution in [0.2, 0.25) is 0 Å². The summed E-state index contributed by atoms with van der Waals surface area (Å²) in [5.41, 5.74) is 1.30. The number of hydrogen-bond acceptors (Lipinski definition) is 5. The van der Waals surface area contributed by atoms with E-state index >= 15 is 0 Å². The third-order valence-electron chi connectivity index (χ3n) is 4.26. The summed E-state index contributed by atoms with van der Waals surface area (Å²) >= 11 is 1.26. The fraction of sp³-hybridized carbons (Fsp3) is 0.105. The van der Waals surface area contributed by atoms with Crippen LogP contribution < -0.4 is 10.3 Å². The van der Waals surface area contributed by atoms with Crippen LogP contribution in [0, 0.1) is 12.7 Å². The quantitative estimate of drug-likeness (QED) is 0.544. The zero-order valence-electron chi connectivity index (χ0n) is 14.4. The van der Waals surface area contributed by atoms with Crippen LogP contribution in [0.15, 0.2) is 47.4 Å². The number of carbonyl (C=O) groups excluding carboxylic acids is 1. The smallest absolute Gasteiger partial charge is 0.279 e. The number of nitrogens with zero attached hydrogens (tertiary/aromatic N) is 2. The van der Waals surface area contributed by atoms with E-state index in [1.807, 2.05) is 0 Å². The summed E-state index contributed by atoms with van der Waals surface area (Å²) in [5.74, 6) is -0.769. The summed E-state index contributed by atoms with van der Waals surface area (Å²) in [6, 6.07) is 9.49. The van der Waals surface area contributed by atoms with Crippen LogP contribution in [-0.4, -0.2) is 20.5 Å². The number of halogens is 1. The second kappa shape index (κ2) is 6.48. The van der Waals surface area contributed by atoms with Crippen molar-refractivity contribution in [2.24, 2.45) is 7.05 Å². The fourth-order valence-electron chi connectivity index (χ4n) is 2.79. The summed E-state index contributed by atoms with van der Waals surface area (Å²) < 4.78 is 21.4. The Balaban J connectivity index is 1.74. The topological polar surface area (TPSA) is 77.0 Å². The highest BCUT2D eigenvalue weighted by Crippen LogP contribution is 2.34. The molecule has 0 amide bonds. The van der Waals surface area contributed by atoms with Crippen molar-refractivity contribution in [1.82, 2.24) is 14.8 Å². The van der Waals surface area contributed by atoms with E-state index in [0.29, 0.717) is 16.6 Å². The minimum absolute atomic E-state index is 0.0676. The number of thiazole rings is 1. The van der Waals surface area contributed by atoms with Gasteiger partial charge in [0.15, 0.2) is 11.6 Å². The van der Waals surface area contributed by atoms with Crippen LogP contribution in [-0.2, 0) is 7.05 Å². The predicted molar refractivity (Wildman–Crippen MR) is 100 cm³/mol. The number of fused-ring (bicyclic) bond motifs is 1. The van der Waals surface area contributed by atoms with Gasteiger partial charge in [0.05, 0.1) is 10.2 Å². The van der Waals surface area contributed by atoms with Crippen molar-refractivity contribution < 1.29 is 13.9 Å². The number of hydrogen-bond donors (Lipinski definition) is 1. The molecule has 6 nitrogen and oxygen atoms in total. The van der Waals surface area contributed by atoms with Crippen LogP contribution in [0.4, 0.5) is 4.39 Å². The maximum atomic E-state index is 13.8. The first-order valence-electron chi connectivity index (χ1n) is 8.07. The molecule has 0 bridgehead atoms. The summed E-state index contributed by atoms with van der Waals surface area (Å²) in [6.07, 6.45) is 1.39. The second-order valence-corrected chi connectivity index (χ2v) is 6.97. The van der Waals surface area contributed by atoms with Gasteiger partial charge in [-0.25, -0.2) is 9.37 Å². The number of aromatic amines is 1. The summed E-state index contributed by atoms with van der Waals surface area (Å²) in [6.45, 7) is 1.76. The van der Waals surface area contributed by atoms with Crippen LogP contribution >= 0.6 is 11.3 Å². The Bertz CT molecular complexity index is 1240. The van der Waals surface area contributed by atoms with Crippen molar-refractivity contribution in [1.29, 1.82) is 0 Å². The molecule has 2 aromatic carbocycles. The van der Waals surface area contributed by atoms with Gasteiger partial charge in [0.25, 0.3) is 10.8 Å². The van der Waals surface area contributed by atoms with Gasteiger partial charge in [-0.1, -0.05) is 23.5 Å². The van der Waals surface area contributed by atoms with E-state index in [1.54, 1.807) is 38.2 Å². The number of nitrogens with one attached hydrogen (secondary N) is 1. The maximum absolute atomic E-state index is 13.8. The Morgan fingerprint density at radius 1 is 1.22 bits per heavy atom. The molecule has 2 heterocycles. The normalized spacial score (nSPS) is 11.1. The molecule has 0 fully saturated rings. The van der Waals surface area contributed by atoms with Gasteiger partial charge in [0.2, 0.25) is 5.78 Å². The predicted octanol–water partition coefficient (Wildman–Crippen LogP) is 3.79. The van der Waals surface area contributed by atoms with Crippen LogP contribution in [0.3, 0.4) is 0 Å². The number of aromatic nitrogens is 3. The Morgan fingerprint density at radius 2 is 2.00 bits per heavy atom. The SMILES string of the molecule is Cc1c(C(=O)c2c[nH]n(C)c2=O)ccc2sc(Oc3ccccc3F)nc12. The molecule has 0 unspecified atom stereocenters. The van der Waals surface area contributed by atoms with E-state index in [9.17, 15) is 14.0 Å². The number of para-hydroxylation sites is 1. The van der Waals surface area contributed by atoms with Gasteiger partial charge in [0.1, 0.15) is 5.56 Å². The number of carbonyl (C=O) groups is 1. The first-order valence-corrected chi connectivity index (χ1v) is 8.89. The Kier molecular flexibility index (Phi) is 4.12. The average molecular weight is 383 g/mol. The van der Waals surface area contributed by atoms with E-state index in [4.69, 9.17) is 4.74 Å². The van der Waals surface area contributed by atoms with E-state index in [1.165, 1.54) is 34.3 Å². The average Bonchev–Trinajstić information content (AvgIpc) is 3.21. The van der Waals surface area contributed by atoms with Gasteiger partial charge in [0, 0.05) is 18.8 Å². The molecule has 0 radical (unpaired) electrons. The van der Waals surface area contributed by atoms with Crippen molar-refractivity contribution in [3.63, 3.8) is 0 Å². The van der Waals surface area contributed by atoms with E-state index in [2.05, 4.69) is 10.1 Å². The van der Waals surface area contributed by atoms with Gasteiger partial charge >= 0.3 is 0 Å². The van der Waals surface area contributed by atoms with E-state index in [-0.39, 0.29) is 27.8 Å². The Labute approximate surface area is 156 Å². The molecule has 2 aromatic heterocycles. The van der Waals surface area contributed by atoms with Crippen molar-refractivity contribution in [2.75, 3.05) is 0 Å². The van der Waals surface area contributed by atoms with Gasteiger partial charge in [-0.05, 0) is 36.8 Å². The molecule has 136 valence electrons. The van der Waals surface area contributed by atoms with E-state index in [0.717, 1.165) is 4.70 Å². The lowest BCUT2D eigenvalue weighted by Crippen LogP contribution is -2.19. The zero-order chi connectivity index (χ0) is 19.1. The lowest BCUT2D eigenvalue weighted by molar-refractivity contribution is 0.103. The van der Waals surface area contributed by atoms with Crippen molar-refractivity contribution >= 4 is 27.3 Å². The molecule has 1 N–H and O–H groups in total. The molecular weight excluding hydrogens is 369 g/mol. The highest BCUT2D eigenvalue weighted by Gasteiger charge is 2.20. The molecule has 0 aliphatic rings. The summed E-state index contributed by atoms with van der Waals surface area (Å²) in [7, 11) is 1.54. The number of benzene rings is 2. The van der Waals surface area contributed by atoms with Gasteiger partial charge in [-0.15, -0.1) is 0 Å². The fourth-order valence-corrected chi connectivity index (χ4v) is 3.67. The largest absolute Gasteiger partial charge is 0.428 e. The Morgan fingerprint density at radius 3 is 2.70 bits per heavy atom. The number of aryl methyl sites for hydroxylation is 2. The molecular formula is C19H14FN3O3S. The van der Waals surface area contributed by atoms with Crippen LogP contribution in [0.5, 0.6) is 10.9 Å². The molecule has 0 atom stereocenters. The lowest BCUT2D eigenvalue weighted by Gasteiger charge is -2.03. The van der Waals surface area contributed by atoms with Crippen molar-refractivity contribution in [3.8, 4) is 10.9 Å². The molecule has 4 aromatic rings. The number of ether oxygens (including phenoxy) is 1.